The van der Waals surface area contributed by atoms with E-state index in [9.17, 15) is 4.39 Å². The highest BCUT2D eigenvalue weighted by Crippen LogP contribution is 2.34. The van der Waals surface area contributed by atoms with E-state index in [4.69, 9.17) is 11.6 Å². The van der Waals surface area contributed by atoms with Crippen molar-refractivity contribution in [1.29, 1.82) is 0 Å². The topological polar surface area (TPSA) is 12.9 Å². The van der Waals surface area contributed by atoms with E-state index in [1.165, 1.54) is 23.5 Å². The summed E-state index contributed by atoms with van der Waals surface area (Å²) in [7, 11) is 0. The summed E-state index contributed by atoms with van der Waals surface area (Å²) in [5.41, 5.74) is 1.79. The Morgan fingerprint density at radius 3 is 2.67 bits per heavy atom. The van der Waals surface area contributed by atoms with E-state index in [1.54, 1.807) is 6.07 Å². The van der Waals surface area contributed by atoms with Crippen molar-refractivity contribution < 1.29 is 4.39 Å². The second-order valence-electron chi connectivity index (χ2n) is 3.94. The average Bonchev–Trinajstić information content (AvgIpc) is 2.81. The Labute approximate surface area is 113 Å². The van der Waals surface area contributed by atoms with Gasteiger partial charge >= 0.3 is 0 Å². The monoisotopic (exact) mass is 277 g/mol. The Kier molecular flexibility index (Phi) is 3.02. The number of hydrogen-bond acceptors (Lipinski definition) is 2. The second kappa shape index (κ2) is 4.67. The molecule has 0 saturated carbocycles. The highest BCUT2D eigenvalue weighted by Gasteiger charge is 2.15. The van der Waals surface area contributed by atoms with Crippen molar-refractivity contribution in [3.05, 3.63) is 64.9 Å². The lowest BCUT2D eigenvalue weighted by molar-refractivity contribution is 0.630. The summed E-state index contributed by atoms with van der Waals surface area (Å²) in [6.45, 7) is 0. The van der Waals surface area contributed by atoms with E-state index in [-0.39, 0.29) is 11.2 Å². The maximum Gasteiger partial charge on any atom is 0.124 e. The summed E-state index contributed by atoms with van der Waals surface area (Å²) in [5, 5.41) is 0.509. The third-order valence-electron chi connectivity index (χ3n) is 2.68. The number of rotatable bonds is 2. The number of fused-ring (bicyclic) bond motifs is 1. The molecule has 3 rings (SSSR count). The lowest BCUT2D eigenvalue weighted by atomic mass is 10.1. The van der Waals surface area contributed by atoms with Crippen molar-refractivity contribution in [3.8, 4) is 0 Å². The molecule has 1 unspecified atom stereocenters. The van der Waals surface area contributed by atoms with Gasteiger partial charge in [-0.15, -0.1) is 22.9 Å². The van der Waals surface area contributed by atoms with Gasteiger partial charge in [-0.1, -0.05) is 30.3 Å². The molecule has 1 atom stereocenters. The van der Waals surface area contributed by atoms with Gasteiger partial charge in [-0.25, -0.2) is 9.37 Å². The van der Waals surface area contributed by atoms with Crippen LogP contribution >= 0.6 is 22.9 Å². The van der Waals surface area contributed by atoms with Gasteiger partial charge in [0.05, 0.1) is 10.2 Å². The van der Waals surface area contributed by atoms with Gasteiger partial charge in [-0.2, -0.15) is 0 Å². The number of nitrogens with zero attached hydrogens (tertiary/aromatic N) is 1. The summed E-state index contributed by atoms with van der Waals surface area (Å²) in [6.07, 6.45) is 0. The van der Waals surface area contributed by atoms with E-state index < -0.39 is 0 Å². The normalized spacial score (nSPS) is 12.8. The first kappa shape index (κ1) is 11.6. The van der Waals surface area contributed by atoms with Gasteiger partial charge in [-0.3, -0.25) is 0 Å². The Balaban J connectivity index is 2.04. The fourth-order valence-electron chi connectivity index (χ4n) is 1.79. The van der Waals surface area contributed by atoms with Crippen LogP contribution in [0.2, 0.25) is 0 Å². The van der Waals surface area contributed by atoms with Gasteiger partial charge in [0.15, 0.2) is 0 Å². The van der Waals surface area contributed by atoms with Crippen molar-refractivity contribution in [2.75, 3.05) is 0 Å². The molecule has 0 aliphatic heterocycles. The molecule has 0 saturated heterocycles. The molecule has 4 heteroatoms. The van der Waals surface area contributed by atoms with Crippen molar-refractivity contribution in [3.63, 3.8) is 0 Å². The van der Waals surface area contributed by atoms with Crippen LogP contribution in [0.3, 0.4) is 0 Å². The maximum absolute atomic E-state index is 13.1. The molecule has 18 heavy (non-hydrogen) atoms. The lowest BCUT2D eigenvalue weighted by Crippen LogP contribution is -1.91. The standard InChI is InChI=1S/C14H9ClFNS/c15-13(9-4-2-1-3-5-9)14-17-11-7-6-10(16)8-12(11)18-14/h1-8,13H. The zero-order chi connectivity index (χ0) is 12.5. The zero-order valence-corrected chi connectivity index (χ0v) is 10.9. The molecule has 0 N–H and O–H groups in total. The molecule has 0 spiro atoms. The van der Waals surface area contributed by atoms with E-state index in [1.807, 2.05) is 30.3 Å². The molecular weight excluding hydrogens is 269 g/mol. The molecule has 0 radical (unpaired) electrons. The summed E-state index contributed by atoms with van der Waals surface area (Å²) >= 11 is 7.83. The highest BCUT2D eigenvalue weighted by atomic mass is 35.5. The SMILES string of the molecule is Fc1ccc2nc(C(Cl)c3ccccc3)sc2c1. The smallest absolute Gasteiger partial charge is 0.124 e. The number of halogens is 2. The highest BCUT2D eigenvalue weighted by molar-refractivity contribution is 7.18. The first-order valence-electron chi connectivity index (χ1n) is 5.49. The van der Waals surface area contributed by atoms with E-state index in [0.29, 0.717) is 0 Å². The molecule has 0 bridgehead atoms. The number of hydrogen-bond donors (Lipinski definition) is 0. The summed E-state index contributed by atoms with van der Waals surface area (Å²) in [6, 6.07) is 14.3. The van der Waals surface area contributed by atoms with E-state index in [0.717, 1.165) is 20.8 Å². The van der Waals surface area contributed by atoms with Gasteiger partial charge in [0.2, 0.25) is 0 Å². The maximum atomic E-state index is 13.1. The van der Waals surface area contributed by atoms with Crippen LogP contribution in [0, 0.1) is 5.82 Å². The van der Waals surface area contributed by atoms with E-state index >= 15 is 0 Å². The number of aromatic nitrogens is 1. The first-order chi connectivity index (χ1) is 8.74. The molecule has 3 aromatic rings. The van der Waals surface area contributed by atoms with Crippen molar-refractivity contribution in [2.45, 2.75) is 5.38 Å². The first-order valence-corrected chi connectivity index (χ1v) is 6.74. The number of thiazole rings is 1. The summed E-state index contributed by atoms with van der Waals surface area (Å²) < 4.78 is 13.9. The Bertz CT molecular complexity index is 681. The van der Waals surface area contributed by atoms with E-state index in [2.05, 4.69) is 4.98 Å². The van der Waals surface area contributed by atoms with Crippen LogP contribution in [0.15, 0.2) is 48.5 Å². The van der Waals surface area contributed by atoms with Crippen LogP contribution in [0.1, 0.15) is 15.9 Å². The Hall–Kier alpha value is -1.45. The van der Waals surface area contributed by atoms with Crippen molar-refractivity contribution in [1.82, 2.24) is 4.98 Å². The molecule has 90 valence electrons. The average molecular weight is 278 g/mol. The summed E-state index contributed by atoms with van der Waals surface area (Å²) in [5.74, 6) is -0.247. The van der Waals surface area contributed by atoms with Crippen molar-refractivity contribution >= 4 is 33.2 Å². The molecule has 2 aromatic carbocycles. The largest absolute Gasteiger partial charge is 0.239 e. The molecule has 0 fully saturated rings. The predicted octanol–water partition coefficient (Wildman–Crippen LogP) is 4.76. The van der Waals surface area contributed by atoms with Gasteiger partial charge in [-0.05, 0) is 23.8 Å². The fourth-order valence-corrected chi connectivity index (χ4v) is 3.12. The molecule has 0 aliphatic rings. The van der Waals surface area contributed by atoms with Gasteiger partial charge in [0.1, 0.15) is 16.2 Å². The van der Waals surface area contributed by atoms with Crippen molar-refractivity contribution in [2.24, 2.45) is 0 Å². The molecule has 0 aliphatic carbocycles. The molecular formula is C14H9ClFNS. The van der Waals surface area contributed by atoms with Crippen LogP contribution < -0.4 is 0 Å². The lowest BCUT2D eigenvalue weighted by Gasteiger charge is -2.05. The van der Waals surface area contributed by atoms with Crippen LogP contribution in [0.4, 0.5) is 4.39 Å². The molecule has 1 nitrogen and oxygen atoms in total. The number of alkyl halides is 1. The van der Waals surface area contributed by atoms with Gasteiger partial charge in [0.25, 0.3) is 0 Å². The second-order valence-corrected chi connectivity index (χ2v) is 5.44. The third-order valence-corrected chi connectivity index (χ3v) is 4.35. The number of benzene rings is 2. The predicted molar refractivity (Wildman–Crippen MR) is 73.7 cm³/mol. The Morgan fingerprint density at radius 2 is 1.89 bits per heavy atom. The van der Waals surface area contributed by atoms with Crippen LogP contribution in [0.5, 0.6) is 0 Å². The van der Waals surface area contributed by atoms with Gasteiger partial charge < -0.3 is 0 Å². The minimum Gasteiger partial charge on any atom is -0.239 e. The minimum absolute atomic E-state index is 0.247. The van der Waals surface area contributed by atoms with Crippen LogP contribution in [0.25, 0.3) is 10.2 Å². The third kappa shape index (κ3) is 2.11. The zero-order valence-electron chi connectivity index (χ0n) is 9.31. The quantitative estimate of drug-likeness (QED) is 0.615. The van der Waals surface area contributed by atoms with Crippen LogP contribution in [-0.2, 0) is 0 Å². The Morgan fingerprint density at radius 1 is 1.11 bits per heavy atom. The van der Waals surface area contributed by atoms with Crippen LogP contribution in [-0.4, -0.2) is 4.98 Å². The molecule has 0 amide bonds. The minimum atomic E-state index is -0.285. The van der Waals surface area contributed by atoms with Gasteiger partial charge in [0, 0.05) is 0 Å². The molecule has 1 aromatic heterocycles. The molecule has 1 heterocycles. The fraction of sp³-hybridized carbons (Fsp3) is 0.0714. The summed E-state index contributed by atoms with van der Waals surface area (Å²) in [4.78, 5) is 4.45.